The van der Waals surface area contributed by atoms with Crippen LogP contribution < -0.4 is 9.50 Å². The number of furan rings is 1. The Labute approximate surface area is 171 Å². The van der Waals surface area contributed by atoms with Crippen LogP contribution in [0.1, 0.15) is 20.9 Å². The fourth-order valence-electron chi connectivity index (χ4n) is 2.31. The molecule has 0 aliphatic heterocycles. The summed E-state index contributed by atoms with van der Waals surface area (Å²) in [5.41, 5.74) is 0.518. The predicted molar refractivity (Wildman–Crippen MR) is 104 cm³/mol. The maximum absolute atomic E-state index is 12.5. The Balaban J connectivity index is 1.73. The lowest BCUT2D eigenvalue weighted by molar-refractivity contribution is 0.0600. The van der Waals surface area contributed by atoms with Crippen molar-refractivity contribution in [3.05, 3.63) is 77.2 Å². The van der Waals surface area contributed by atoms with Gasteiger partial charge in [-0.05, 0) is 54.6 Å². The molecule has 0 aliphatic rings. The summed E-state index contributed by atoms with van der Waals surface area (Å²) in [6.45, 7) is 0. The molecule has 3 aromatic rings. The first-order valence-corrected chi connectivity index (χ1v) is 9.86. The zero-order valence-electron chi connectivity index (χ0n) is 14.9. The van der Waals surface area contributed by atoms with Crippen LogP contribution in [0, 0.1) is 0 Å². The van der Waals surface area contributed by atoms with Crippen LogP contribution in [0.15, 0.2) is 70.2 Å². The van der Waals surface area contributed by atoms with Gasteiger partial charge in [-0.2, -0.15) is 8.42 Å². The lowest BCUT2D eigenvalue weighted by Crippen LogP contribution is -2.12. The van der Waals surface area contributed by atoms with E-state index in [-0.39, 0.29) is 27.0 Å². The fraction of sp³-hybridized carbons (Fsp3) is 0.0526. The molecule has 0 fully saturated rings. The van der Waals surface area contributed by atoms with Crippen LogP contribution >= 0.6 is 11.6 Å². The molecule has 0 spiro atoms. The smallest absolute Gasteiger partial charge is 0.340 e. The van der Waals surface area contributed by atoms with Crippen LogP contribution in [0.5, 0.6) is 5.75 Å². The second-order valence-electron chi connectivity index (χ2n) is 5.63. The van der Waals surface area contributed by atoms with Gasteiger partial charge in [0.25, 0.3) is 5.91 Å². The van der Waals surface area contributed by atoms with Crippen molar-refractivity contribution in [2.75, 3.05) is 12.4 Å². The quantitative estimate of drug-likeness (QED) is 0.463. The van der Waals surface area contributed by atoms with Crippen LogP contribution in [-0.2, 0) is 14.9 Å². The minimum Gasteiger partial charge on any atom is -0.465 e. The van der Waals surface area contributed by atoms with Crippen molar-refractivity contribution >= 4 is 39.3 Å². The number of hydrogen-bond acceptors (Lipinski definition) is 7. The van der Waals surface area contributed by atoms with Gasteiger partial charge in [0.05, 0.1) is 24.0 Å². The zero-order valence-corrected chi connectivity index (χ0v) is 16.5. The number of amides is 1. The molecule has 10 heteroatoms. The Morgan fingerprint density at radius 1 is 1.07 bits per heavy atom. The highest BCUT2D eigenvalue weighted by Gasteiger charge is 2.22. The number of nitrogens with one attached hydrogen (secondary N) is 1. The van der Waals surface area contributed by atoms with Crippen molar-refractivity contribution in [1.82, 2.24) is 0 Å². The Kier molecular flexibility index (Phi) is 5.90. The Bertz CT molecular complexity index is 1140. The highest BCUT2D eigenvalue weighted by Crippen LogP contribution is 2.27. The predicted octanol–water partition coefficient (Wildman–Crippen LogP) is 3.74. The monoisotopic (exact) mass is 435 g/mol. The van der Waals surface area contributed by atoms with Crippen LogP contribution in [0.2, 0.25) is 5.02 Å². The molecule has 2 aromatic carbocycles. The van der Waals surface area contributed by atoms with Gasteiger partial charge in [0.1, 0.15) is 10.6 Å². The fourth-order valence-corrected chi connectivity index (χ4v) is 3.76. The minimum atomic E-state index is -4.25. The molecule has 0 bridgehead atoms. The molecule has 0 saturated heterocycles. The lowest BCUT2D eigenvalue weighted by atomic mass is 10.2. The van der Waals surface area contributed by atoms with E-state index in [2.05, 4.69) is 10.1 Å². The number of rotatable bonds is 6. The van der Waals surface area contributed by atoms with Gasteiger partial charge in [-0.3, -0.25) is 4.79 Å². The first kappa shape index (κ1) is 20.4. The van der Waals surface area contributed by atoms with Crippen LogP contribution in [0.3, 0.4) is 0 Å². The molecule has 1 N–H and O–H groups in total. The second-order valence-corrected chi connectivity index (χ2v) is 7.55. The molecule has 0 saturated carbocycles. The standard InChI is InChI=1S/C19H14ClNO7S/c1-26-19(23)12-4-9-17(15(20)11-12)29(24,25)28-14-7-5-13(6-8-14)21-18(22)16-3-2-10-27-16/h2-11H,1H3,(H,21,22). The minimum absolute atomic E-state index is 0.00843. The highest BCUT2D eigenvalue weighted by molar-refractivity contribution is 7.87. The molecule has 0 atom stereocenters. The SMILES string of the molecule is COC(=O)c1ccc(S(=O)(=O)Oc2ccc(NC(=O)c3ccco3)cc2)c(Cl)c1. The van der Waals surface area contributed by atoms with Crippen molar-refractivity contribution in [2.45, 2.75) is 4.90 Å². The summed E-state index contributed by atoms with van der Waals surface area (Å²) in [7, 11) is -3.05. The van der Waals surface area contributed by atoms with Crippen molar-refractivity contribution in [3.63, 3.8) is 0 Å². The third-order valence-electron chi connectivity index (χ3n) is 3.69. The second kappa shape index (κ2) is 8.38. The molecule has 1 amide bonds. The molecule has 0 unspecified atom stereocenters. The first-order chi connectivity index (χ1) is 13.8. The Morgan fingerprint density at radius 3 is 2.38 bits per heavy atom. The van der Waals surface area contributed by atoms with Crippen molar-refractivity contribution in [3.8, 4) is 5.75 Å². The van der Waals surface area contributed by atoms with Gasteiger partial charge in [0.15, 0.2) is 5.76 Å². The molecule has 0 aliphatic carbocycles. The van der Waals surface area contributed by atoms with E-state index in [1.54, 1.807) is 6.07 Å². The number of anilines is 1. The number of benzene rings is 2. The van der Waals surface area contributed by atoms with Gasteiger partial charge < -0.3 is 18.7 Å². The molecule has 3 rings (SSSR count). The van der Waals surface area contributed by atoms with Crippen LogP contribution in [0.4, 0.5) is 5.69 Å². The zero-order chi connectivity index (χ0) is 21.0. The van der Waals surface area contributed by atoms with Crippen molar-refractivity contribution in [1.29, 1.82) is 0 Å². The molecule has 150 valence electrons. The summed E-state index contributed by atoms with van der Waals surface area (Å²) in [4.78, 5) is 23.1. The number of esters is 1. The van der Waals surface area contributed by atoms with Gasteiger partial charge in [0.2, 0.25) is 0 Å². The molecule has 8 nitrogen and oxygen atoms in total. The van der Waals surface area contributed by atoms with E-state index in [1.807, 2.05) is 0 Å². The highest BCUT2D eigenvalue weighted by atomic mass is 35.5. The van der Waals surface area contributed by atoms with E-state index in [4.69, 9.17) is 20.2 Å². The van der Waals surface area contributed by atoms with E-state index in [0.29, 0.717) is 5.69 Å². The van der Waals surface area contributed by atoms with E-state index in [1.165, 1.54) is 55.8 Å². The third-order valence-corrected chi connectivity index (χ3v) is 5.42. The number of ether oxygens (including phenoxy) is 1. The average molecular weight is 436 g/mol. The summed E-state index contributed by atoms with van der Waals surface area (Å²) >= 11 is 5.99. The van der Waals surface area contributed by atoms with E-state index >= 15 is 0 Å². The number of carbonyl (C=O) groups is 2. The summed E-state index contributed by atoms with van der Waals surface area (Å²) in [5, 5.41) is 2.41. The number of halogens is 1. The van der Waals surface area contributed by atoms with Gasteiger partial charge in [-0.25, -0.2) is 4.79 Å². The normalized spacial score (nSPS) is 11.0. The Hall–Kier alpha value is -3.30. The molecular weight excluding hydrogens is 422 g/mol. The number of methoxy groups -OCH3 is 1. The molecule has 0 radical (unpaired) electrons. The lowest BCUT2D eigenvalue weighted by Gasteiger charge is -2.10. The van der Waals surface area contributed by atoms with E-state index in [0.717, 1.165) is 6.07 Å². The molecular formula is C19H14ClNO7S. The topological polar surface area (TPSA) is 112 Å². The van der Waals surface area contributed by atoms with Gasteiger partial charge >= 0.3 is 16.1 Å². The van der Waals surface area contributed by atoms with Crippen LogP contribution in [-0.4, -0.2) is 27.4 Å². The average Bonchev–Trinajstić information content (AvgIpc) is 3.23. The molecule has 1 aromatic heterocycles. The molecule has 29 heavy (non-hydrogen) atoms. The first-order valence-electron chi connectivity index (χ1n) is 8.07. The number of carbonyl (C=O) groups excluding carboxylic acids is 2. The van der Waals surface area contributed by atoms with Crippen molar-refractivity contribution < 1.29 is 31.3 Å². The van der Waals surface area contributed by atoms with Gasteiger partial charge in [-0.1, -0.05) is 11.6 Å². The third kappa shape index (κ3) is 4.76. The van der Waals surface area contributed by atoms with Crippen LogP contribution in [0.25, 0.3) is 0 Å². The molecule has 1 heterocycles. The number of hydrogen-bond donors (Lipinski definition) is 1. The van der Waals surface area contributed by atoms with Gasteiger partial charge in [0, 0.05) is 5.69 Å². The Morgan fingerprint density at radius 2 is 1.79 bits per heavy atom. The summed E-state index contributed by atoms with van der Waals surface area (Å²) in [6, 6.07) is 12.4. The maximum Gasteiger partial charge on any atom is 0.340 e. The summed E-state index contributed by atoms with van der Waals surface area (Å²) < 4.78 is 39.6. The largest absolute Gasteiger partial charge is 0.465 e. The summed E-state index contributed by atoms with van der Waals surface area (Å²) in [5.74, 6) is -0.954. The maximum atomic E-state index is 12.5. The van der Waals surface area contributed by atoms with E-state index in [9.17, 15) is 18.0 Å². The summed E-state index contributed by atoms with van der Waals surface area (Å²) in [6.07, 6.45) is 1.37. The van der Waals surface area contributed by atoms with Crippen molar-refractivity contribution in [2.24, 2.45) is 0 Å². The van der Waals surface area contributed by atoms with E-state index < -0.39 is 22.0 Å². The van der Waals surface area contributed by atoms with Gasteiger partial charge in [-0.15, -0.1) is 0 Å².